The van der Waals surface area contributed by atoms with Gasteiger partial charge in [0.25, 0.3) is 0 Å². The molecule has 5 aliphatic carbocycles. The standard InChI is InChI=1S/C36H58O9/c1-31(2)23-9-12-35(6)24(33(23,4)11-10-25(31)39)8-7-20-21-17-32(3,19-38)13-15-36(21,16-14-34(20,35)5)30(43)45-29-28(42)27(41)26(40)22(18-37)44-29/h7,21-29,37-42H,8-19H2,1-6H3/t21-,22+,23-,24+,25-,26+,27-,28+,29-,32+,33-,34+,35+,36-/m0/s1. The SMILES string of the molecule is CC1(C)[C@@H](O)CC[C@]2(C)[C@H]3CC=C4[C@@H]5C[C@](C)(CO)CC[C@]5(C(=O)O[C@@H]5O[C@H](CO)[C@@H](O)[C@H](O)[C@H]5O)CC[C@@]4(C)[C@]3(C)CC[C@@H]12. The first kappa shape index (κ1) is 33.8. The molecule has 6 aliphatic rings. The van der Waals surface area contributed by atoms with Crippen LogP contribution in [0.2, 0.25) is 0 Å². The molecule has 45 heavy (non-hydrogen) atoms. The molecule has 6 rings (SSSR count). The third-order valence-electron chi connectivity index (χ3n) is 15.3. The molecule has 9 heteroatoms. The quantitative estimate of drug-likeness (QED) is 0.201. The number of aliphatic hydroxyl groups excluding tert-OH is 6. The molecule has 0 radical (unpaired) electrons. The van der Waals surface area contributed by atoms with E-state index in [1.807, 2.05) is 0 Å². The molecule has 0 unspecified atom stereocenters. The van der Waals surface area contributed by atoms with Gasteiger partial charge in [-0.2, -0.15) is 0 Å². The van der Waals surface area contributed by atoms with Crippen LogP contribution in [0.25, 0.3) is 0 Å². The van der Waals surface area contributed by atoms with Crippen LogP contribution in [-0.2, 0) is 14.3 Å². The van der Waals surface area contributed by atoms with E-state index in [-0.39, 0.29) is 45.7 Å². The van der Waals surface area contributed by atoms with E-state index >= 15 is 0 Å². The smallest absolute Gasteiger partial charge is 0.315 e. The molecule has 0 aromatic heterocycles. The van der Waals surface area contributed by atoms with Gasteiger partial charge in [0, 0.05) is 6.61 Å². The number of esters is 1. The Morgan fingerprint density at radius 1 is 0.867 bits per heavy atom. The summed E-state index contributed by atoms with van der Waals surface area (Å²) >= 11 is 0. The molecule has 1 saturated heterocycles. The van der Waals surface area contributed by atoms with Gasteiger partial charge in [-0.1, -0.05) is 53.2 Å². The van der Waals surface area contributed by atoms with E-state index in [1.54, 1.807) is 0 Å². The van der Waals surface area contributed by atoms with E-state index in [1.165, 1.54) is 5.57 Å². The fourth-order valence-corrected chi connectivity index (χ4v) is 12.0. The lowest BCUT2D eigenvalue weighted by atomic mass is 9.33. The van der Waals surface area contributed by atoms with Crippen LogP contribution >= 0.6 is 0 Å². The van der Waals surface area contributed by atoms with Crippen molar-refractivity contribution in [2.75, 3.05) is 13.2 Å². The van der Waals surface area contributed by atoms with Gasteiger partial charge in [0.1, 0.15) is 24.4 Å². The number of rotatable bonds is 4. The summed E-state index contributed by atoms with van der Waals surface area (Å²) in [6.45, 7) is 13.4. The zero-order chi connectivity index (χ0) is 33.0. The van der Waals surface area contributed by atoms with Gasteiger partial charge >= 0.3 is 5.97 Å². The summed E-state index contributed by atoms with van der Waals surface area (Å²) in [5, 5.41) is 62.5. The second-order valence-electron chi connectivity index (χ2n) is 17.7. The molecule has 0 amide bonds. The maximum atomic E-state index is 14.4. The monoisotopic (exact) mass is 634 g/mol. The zero-order valence-corrected chi connectivity index (χ0v) is 28.2. The van der Waals surface area contributed by atoms with E-state index in [4.69, 9.17) is 9.47 Å². The van der Waals surface area contributed by atoms with E-state index in [9.17, 15) is 35.4 Å². The fraction of sp³-hybridized carbons (Fsp3) is 0.917. The predicted octanol–water partition coefficient (Wildman–Crippen LogP) is 3.46. The number of hydrogen-bond acceptors (Lipinski definition) is 9. The minimum Gasteiger partial charge on any atom is -0.432 e. The highest BCUT2D eigenvalue weighted by Crippen LogP contribution is 2.75. The number of allylic oxidation sites excluding steroid dienone is 2. The van der Waals surface area contributed by atoms with E-state index < -0.39 is 48.7 Å². The lowest BCUT2D eigenvalue weighted by Crippen LogP contribution is -2.65. The fourth-order valence-electron chi connectivity index (χ4n) is 12.0. The molecule has 14 atom stereocenters. The molecule has 0 spiro atoms. The lowest BCUT2D eigenvalue weighted by molar-refractivity contribution is -0.297. The van der Waals surface area contributed by atoms with Gasteiger partial charge in [-0.25, -0.2) is 0 Å². The van der Waals surface area contributed by atoms with Gasteiger partial charge < -0.3 is 40.1 Å². The van der Waals surface area contributed by atoms with Crippen molar-refractivity contribution in [2.45, 2.75) is 143 Å². The summed E-state index contributed by atoms with van der Waals surface area (Å²) in [5.41, 5.74) is -0.113. The number of carbonyl (C=O) groups excluding carboxylic acids is 1. The molecular weight excluding hydrogens is 576 g/mol. The van der Waals surface area contributed by atoms with Crippen LogP contribution < -0.4 is 0 Å². The van der Waals surface area contributed by atoms with E-state index in [0.29, 0.717) is 37.5 Å². The maximum Gasteiger partial charge on any atom is 0.315 e. The Morgan fingerprint density at radius 3 is 2.22 bits per heavy atom. The molecule has 0 aromatic rings. The van der Waals surface area contributed by atoms with Gasteiger partial charge in [0.05, 0.1) is 18.1 Å². The number of fused-ring (bicyclic) bond motifs is 7. The summed E-state index contributed by atoms with van der Waals surface area (Å²) in [7, 11) is 0. The summed E-state index contributed by atoms with van der Waals surface area (Å²) in [5.74, 6) is 0.248. The van der Waals surface area contributed by atoms with Crippen LogP contribution in [0.4, 0.5) is 0 Å². The second kappa shape index (κ2) is 11.0. The predicted molar refractivity (Wildman–Crippen MR) is 166 cm³/mol. The summed E-state index contributed by atoms with van der Waals surface area (Å²) < 4.78 is 11.5. The topological polar surface area (TPSA) is 157 Å². The third-order valence-corrected chi connectivity index (χ3v) is 15.3. The Morgan fingerprint density at radius 2 is 1.56 bits per heavy atom. The Kier molecular flexibility index (Phi) is 8.25. The third kappa shape index (κ3) is 4.61. The maximum absolute atomic E-state index is 14.4. The lowest BCUT2D eigenvalue weighted by Gasteiger charge is -2.71. The van der Waals surface area contributed by atoms with Crippen molar-refractivity contribution in [3.63, 3.8) is 0 Å². The Labute approximate surface area is 268 Å². The van der Waals surface area contributed by atoms with Crippen molar-refractivity contribution >= 4 is 5.97 Å². The van der Waals surface area contributed by atoms with E-state index in [0.717, 1.165) is 38.5 Å². The molecule has 1 aliphatic heterocycles. The normalized spacial score (nSPS) is 54.0. The van der Waals surface area contributed by atoms with Crippen molar-refractivity contribution in [3.8, 4) is 0 Å². The number of ether oxygens (including phenoxy) is 2. The molecule has 1 heterocycles. The summed E-state index contributed by atoms with van der Waals surface area (Å²) in [6.07, 6.45) is 2.83. The van der Waals surface area contributed by atoms with Crippen LogP contribution in [0.15, 0.2) is 11.6 Å². The average molecular weight is 635 g/mol. The highest BCUT2D eigenvalue weighted by Gasteiger charge is 2.69. The van der Waals surface area contributed by atoms with Crippen LogP contribution in [0, 0.1) is 50.2 Å². The van der Waals surface area contributed by atoms with Crippen LogP contribution in [0.5, 0.6) is 0 Å². The van der Waals surface area contributed by atoms with Crippen LogP contribution in [0.1, 0.15) is 106 Å². The van der Waals surface area contributed by atoms with Gasteiger partial charge in [0.2, 0.25) is 6.29 Å². The highest BCUT2D eigenvalue weighted by molar-refractivity contribution is 5.79. The molecule has 0 bridgehead atoms. The Balaban J connectivity index is 1.36. The molecule has 6 N–H and O–H groups in total. The first-order valence-electron chi connectivity index (χ1n) is 17.5. The molecule has 256 valence electrons. The van der Waals surface area contributed by atoms with Crippen molar-refractivity contribution < 1.29 is 44.9 Å². The van der Waals surface area contributed by atoms with Crippen molar-refractivity contribution in [1.82, 2.24) is 0 Å². The van der Waals surface area contributed by atoms with Crippen LogP contribution in [0.3, 0.4) is 0 Å². The molecule has 0 aromatic carbocycles. The zero-order valence-electron chi connectivity index (χ0n) is 28.2. The summed E-state index contributed by atoms with van der Waals surface area (Å²) in [4.78, 5) is 14.4. The minimum atomic E-state index is -1.65. The molecule has 4 saturated carbocycles. The van der Waals surface area contributed by atoms with Gasteiger partial charge in [-0.05, 0) is 109 Å². The Bertz CT molecular complexity index is 1200. The van der Waals surface area contributed by atoms with Gasteiger partial charge in [0.15, 0.2) is 0 Å². The Hall–Kier alpha value is -1.07. The number of carbonyl (C=O) groups is 1. The molecule has 9 nitrogen and oxygen atoms in total. The van der Waals surface area contributed by atoms with Crippen molar-refractivity contribution in [3.05, 3.63) is 11.6 Å². The van der Waals surface area contributed by atoms with E-state index in [2.05, 4.69) is 47.6 Å². The molecule has 5 fully saturated rings. The number of hydrogen-bond donors (Lipinski definition) is 6. The molecular formula is C36H58O9. The minimum absolute atomic E-state index is 0.00110. The summed E-state index contributed by atoms with van der Waals surface area (Å²) in [6, 6.07) is 0. The largest absolute Gasteiger partial charge is 0.432 e. The van der Waals surface area contributed by atoms with Crippen molar-refractivity contribution in [2.24, 2.45) is 50.2 Å². The average Bonchev–Trinajstić information content (AvgIpc) is 2.99. The van der Waals surface area contributed by atoms with Gasteiger partial charge in [-0.15, -0.1) is 0 Å². The van der Waals surface area contributed by atoms with Crippen molar-refractivity contribution in [1.29, 1.82) is 0 Å². The highest BCUT2D eigenvalue weighted by atomic mass is 16.7. The van der Waals surface area contributed by atoms with Crippen LogP contribution in [-0.4, -0.2) is 86.6 Å². The van der Waals surface area contributed by atoms with Gasteiger partial charge in [-0.3, -0.25) is 4.79 Å². The number of aliphatic hydroxyl groups is 6. The second-order valence-corrected chi connectivity index (χ2v) is 17.7. The first-order valence-corrected chi connectivity index (χ1v) is 17.5. The first-order chi connectivity index (χ1) is 20.9.